The van der Waals surface area contributed by atoms with Gasteiger partial charge >= 0.3 is 0 Å². The van der Waals surface area contributed by atoms with Gasteiger partial charge in [-0.15, -0.1) is 6.58 Å². The summed E-state index contributed by atoms with van der Waals surface area (Å²) in [7, 11) is 0. The van der Waals surface area contributed by atoms with Gasteiger partial charge in [-0.05, 0) is 59.8 Å². The van der Waals surface area contributed by atoms with E-state index in [4.69, 9.17) is 14.6 Å². The summed E-state index contributed by atoms with van der Waals surface area (Å²) in [6.45, 7) is 13.7. The van der Waals surface area contributed by atoms with Crippen LogP contribution in [-0.4, -0.2) is 36.1 Å². The summed E-state index contributed by atoms with van der Waals surface area (Å²) >= 11 is 0. The molecule has 0 radical (unpaired) electrons. The fraction of sp³-hybridized carbons (Fsp3) is 0.905. The molecule has 3 nitrogen and oxygen atoms in total. The summed E-state index contributed by atoms with van der Waals surface area (Å²) in [6.07, 6.45) is 13.8. The molecule has 0 aromatic rings. The molecule has 0 rings (SSSR count). The zero-order valence-electron chi connectivity index (χ0n) is 16.7. The molecule has 0 aliphatic rings. The molecule has 0 heterocycles. The second-order valence-electron chi connectivity index (χ2n) is 7.99. The highest BCUT2D eigenvalue weighted by Gasteiger charge is 2.22. The Kier molecular flexibility index (Phi) is 13.6. The molecule has 0 aliphatic heterocycles. The Hall–Kier alpha value is -0.380. The molecule has 24 heavy (non-hydrogen) atoms. The standard InChI is InChI=1S/C21H42O3/c1-6-7-8-9-10-11-12-13-14-18-23-21(4,5)16-19-24-20(2,3)15-17-22/h6,22H,1,7-19H2,2-5H3. The lowest BCUT2D eigenvalue weighted by molar-refractivity contribution is -0.0781. The zero-order chi connectivity index (χ0) is 18.3. The van der Waals surface area contributed by atoms with Crippen LogP contribution in [0.1, 0.15) is 91.9 Å². The van der Waals surface area contributed by atoms with E-state index < -0.39 is 0 Å². The minimum absolute atomic E-state index is 0.139. The van der Waals surface area contributed by atoms with Crippen molar-refractivity contribution in [3.63, 3.8) is 0 Å². The summed E-state index contributed by atoms with van der Waals surface area (Å²) in [5.74, 6) is 0. The van der Waals surface area contributed by atoms with Crippen LogP contribution in [0, 0.1) is 0 Å². The quantitative estimate of drug-likeness (QED) is 0.274. The topological polar surface area (TPSA) is 38.7 Å². The summed E-state index contributed by atoms with van der Waals surface area (Å²) in [6, 6.07) is 0. The van der Waals surface area contributed by atoms with Crippen LogP contribution in [0.3, 0.4) is 0 Å². The van der Waals surface area contributed by atoms with Crippen molar-refractivity contribution >= 4 is 0 Å². The highest BCUT2D eigenvalue weighted by atomic mass is 16.5. The van der Waals surface area contributed by atoms with Crippen molar-refractivity contribution in [3.8, 4) is 0 Å². The van der Waals surface area contributed by atoms with Crippen LogP contribution < -0.4 is 0 Å². The summed E-state index contributed by atoms with van der Waals surface area (Å²) in [4.78, 5) is 0. The van der Waals surface area contributed by atoms with Crippen LogP contribution in [-0.2, 0) is 9.47 Å². The summed E-state index contributed by atoms with van der Waals surface area (Å²) in [5.41, 5.74) is -0.392. The maximum Gasteiger partial charge on any atom is 0.0648 e. The van der Waals surface area contributed by atoms with Crippen molar-refractivity contribution in [2.24, 2.45) is 0 Å². The van der Waals surface area contributed by atoms with Crippen LogP contribution >= 0.6 is 0 Å². The van der Waals surface area contributed by atoms with E-state index in [1.54, 1.807) is 0 Å². The zero-order valence-corrected chi connectivity index (χ0v) is 16.7. The van der Waals surface area contributed by atoms with E-state index in [1.807, 2.05) is 19.9 Å². The molecule has 0 aromatic carbocycles. The highest BCUT2D eigenvalue weighted by molar-refractivity contribution is 4.72. The fourth-order valence-corrected chi connectivity index (χ4v) is 2.61. The Balaban J connectivity index is 3.55. The van der Waals surface area contributed by atoms with Gasteiger partial charge in [-0.3, -0.25) is 0 Å². The van der Waals surface area contributed by atoms with Crippen molar-refractivity contribution < 1.29 is 14.6 Å². The SMILES string of the molecule is C=CCCCCCCCCCOC(C)(C)CCOC(C)(C)CCO. The van der Waals surface area contributed by atoms with Gasteiger partial charge in [0.1, 0.15) is 0 Å². The van der Waals surface area contributed by atoms with Crippen LogP contribution in [0.4, 0.5) is 0 Å². The smallest absolute Gasteiger partial charge is 0.0648 e. The molecular weight excluding hydrogens is 300 g/mol. The normalized spacial score (nSPS) is 12.5. The van der Waals surface area contributed by atoms with E-state index in [-0.39, 0.29) is 17.8 Å². The average Bonchev–Trinajstić information content (AvgIpc) is 2.48. The van der Waals surface area contributed by atoms with Crippen molar-refractivity contribution in [1.29, 1.82) is 0 Å². The largest absolute Gasteiger partial charge is 0.396 e. The first-order chi connectivity index (χ1) is 11.3. The Labute approximate surface area is 150 Å². The average molecular weight is 343 g/mol. The molecule has 0 saturated carbocycles. The van der Waals surface area contributed by atoms with Gasteiger partial charge in [0.05, 0.1) is 17.8 Å². The van der Waals surface area contributed by atoms with Gasteiger partial charge in [0.15, 0.2) is 0 Å². The first kappa shape index (κ1) is 23.6. The lowest BCUT2D eigenvalue weighted by Crippen LogP contribution is -2.31. The Morgan fingerprint density at radius 1 is 0.750 bits per heavy atom. The third-order valence-corrected chi connectivity index (χ3v) is 4.46. The molecule has 0 unspecified atom stereocenters. The number of allylic oxidation sites excluding steroid dienone is 1. The van der Waals surface area contributed by atoms with Crippen molar-refractivity contribution in [2.45, 2.75) is 103 Å². The van der Waals surface area contributed by atoms with Gasteiger partial charge in [0.2, 0.25) is 0 Å². The molecule has 1 N–H and O–H groups in total. The number of rotatable bonds is 17. The molecule has 0 amide bonds. The van der Waals surface area contributed by atoms with Crippen molar-refractivity contribution in [3.05, 3.63) is 12.7 Å². The third-order valence-electron chi connectivity index (χ3n) is 4.46. The first-order valence-corrected chi connectivity index (χ1v) is 9.83. The molecule has 0 saturated heterocycles. The predicted octanol–water partition coefficient (Wildman–Crippen LogP) is 5.66. The third kappa shape index (κ3) is 15.2. The first-order valence-electron chi connectivity index (χ1n) is 9.83. The molecular formula is C21H42O3. The molecule has 0 aliphatic carbocycles. The van der Waals surface area contributed by atoms with E-state index in [2.05, 4.69) is 20.4 Å². The minimum Gasteiger partial charge on any atom is -0.396 e. The molecule has 3 heteroatoms. The van der Waals surface area contributed by atoms with Gasteiger partial charge in [0, 0.05) is 13.2 Å². The van der Waals surface area contributed by atoms with E-state index >= 15 is 0 Å². The molecule has 0 bridgehead atoms. The lowest BCUT2D eigenvalue weighted by atomic mass is 10.0. The van der Waals surface area contributed by atoms with E-state index in [0.29, 0.717) is 13.0 Å². The van der Waals surface area contributed by atoms with Gasteiger partial charge in [0.25, 0.3) is 0 Å². The van der Waals surface area contributed by atoms with E-state index in [0.717, 1.165) is 25.9 Å². The second kappa shape index (κ2) is 13.9. The molecule has 0 fully saturated rings. The van der Waals surface area contributed by atoms with Crippen LogP contribution in [0.25, 0.3) is 0 Å². The van der Waals surface area contributed by atoms with Crippen molar-refractivity contribution in [2.75, 3.05) is 19.8 Å². The number of hydrogen-bond acceptors (Lipinski definition) is 3. The molecule has 0 aromatic heterocycles. The summed E-state index contributed by atoms with van der Waals surface area (Å²) < 4.78 is 11.9. The number of ether oxygens (including phenoxy) is 2. The monoisotopic (exact) mass is 342 g/mol. The number of hydrogen-bond donors (Lipinski definition) is 1. The highest BCUT2D eigenvalue weighted by Crippen LogP contribution is 2.20. The number of aliphatic hydroxyl groups is 1. The Bertz CT molecular complexity index is 297. The fourth-order valence-electron chi connectivity index (χ4n) is 2.61. The minimum atomic E-state index is -0.253. The van der Waals surface area contributed by atoms with Crippen LogP contribution in [0.15, 0.2) is 12.7 Å². The summed E-state index contributed by atoms with van der Waals surface area (Å²) in [5, 5.41) is 9.01. The number of unbranched alkanes of at least 4 members (excludes halogenated alkanes) is 7. The van der Waals surface area contributed by atoms with Crippen molar-refractivity contribution in [1.82, 2.24) is 0 Å². The molecule has 0 atom stereocenters. The Morgan fingerprint density at radius 2 is 1.25 bits per heavy atom. The number of aliphatic hydroxyl groups excluding tert-OH is 1. The lowest BCUT2D eigenvalue weighted by Gasteiger charge is -2.29. The van der Waals surface area contributed by atoms with Gasteiger partial charge < -0.3 is 14.6 Å². The van der Waals surface area contributed by atoms with Gasteiger partial charge in [-0.1, -0.05) is 38.2 Å². The maximum absolute atomic E-state index is 9.01. The molecule has 144 valence electrons. The predicted molar refractivity (Wildman–Crippen MR) is 104 cm³/mol. The maximum atomic E-state index is 9.01. The second-order valence-corrected chi connectivity index (χ2v) is 7.99. The van der Waals surface area contributed by atoms with E-state index in [9.17, 15) is 0 Å². The van der Waals surface area contributed by atoms with Crippen LogP contribution in [0.5, 0.6) is 0 Å². The molecule has 0 spiro atoms. The van der Waals surface area contributed by atoms with Gasteiger partial charge in [-0.2, -0.15) is 0 Å². The van der Waals surface area contributed by atoms with E-state index in [1.165, 1.54) is 38.5 Å². The Morgan fingerprint density at radius 3 is 1.83 bits per heavy atom. The van der Waals surface area contributed by atoms with Gasteiger partial charge in [-0.25, -0.2) is 0 Å². The van der Waals surface area contributed by atoms with Crippen LogP contribution in [0.2, 0.25) is 0 Å².